The second-order valence-corrected chi connectivity index (χ2v) is 5.62. The van der Waals surface area contributed by atoms with Crippen molar-refractivity contribution in [2.24, 2.45) is 0 Å². The Bertz CT molecular complexity index is 472. The number of ether oxygens (including phenoxy) is 1. The highest BCUT2D eigenvalue weighted by atomic mass is 32.1. The van der Waals surface area contributed by atoms with Crippen LogP contribution < -0.4 is 5.32 Å². The fourth-order valence-corrected chi connectivity index (χ4v) is 2.00. The molecule has 1 aromatic rings. The summed E-state index contributed by atoms with van der Waals surface area (Å²) in [6.45, 7) is 7.18. The van der Waals surface area contributed by atoms with Gasteiger partial charge in [0.05, 0.1) is 10.6 Å². The van der Waals surface area contributed by atoms with Gasteiger partial charge in [-0.05, 0) is 39.8 Å². The van der Waals surface area contributed by atoms with Gasteiger partial charge in [-0.25, -0.2) is 9.78 Å². The summed E-state index contributed by atoms with van der Waals surface area (Å²) in [7, 11) is 0. The summed E-state index contributed by atoms with van der Waals surface area (Å²) >= 11 is 1.29. The normalized spacial score (nSPS) is 11.6. The van der Waals surface area contributed by atoms with Crippen molar-refractivity contribution < 1.29 is 14.3 Å². The molecule has 0 aliphatic heterocycles. The van der Waals surface area contributed by atoms with E-state index in [1.807, 2.05) is 0 Å². The molecule has 0 aromatic carbocycles. The Labute approximate surface area is 110 Å². The molecule has 1 rings (SSSR count). The first kappa shape index (κ1) is 14.4. The molecular weight excluding hydrogens is 252 g/mol. The van der Waals surface area contributed by atoms with Crippen LogP contribution in [0.25, 0.3) is 6.08 Å². The number of anilines is 1. The van der Waals surface area contributed by atoms with E-state index >= 15 is 0 Å². The second-order valence-electron chi connectivity index (χ2n) is 4.59. The summed E-state index contributed by atoms with van der Waals surface area (Å²) in [5.41, 5.74) is 0.209. The van der Waals surface area contributed by atoms with E-state index in [0.717, 1.165) is 10.6 Å². The van der Waals surface area contributed by atoms with Crippen LogP contribution in [0, 0.1) is 6.92 Å². The Morgan fingerprint density at radius 3 is 2.67 bits per heavy atom. The van der Waals surface area contributed by atoms with Crippen molar-refractivity contribution in [1.29, 1.82) is 0 Å². The van der Waals surface area contributed by atoms with Crippen molar-refractivity contribution >= 4 is 34.9 Å². The Morgan fingerprint density at radius 2 is 2.11 bits per heavy atom. The smallest absolute Gasteiger partial charge is 0.413 e. The highest BCUT2D eigenvalue weighted by Crippen LogP contribution is 2.24. The molecule has 0 radical (unpaired) electrons. The van der Waals surface area contributed by atoms with E-state index in [0.29, 0.717) is 11.4 Å². The number of rotatable bonds is 3. The van der Waals surface area contributed by atoms with Crippen LogP contribution in [0.2, 0.25) is 0 Å². The fraction of sp³-hybridized carbons (Fsp3) is 0.417. The number of aryl methyl sites for hydroxylation is 1. The van der Waals surface area contributed by atoms with E-state index in [1.54, 1.807) is 33.8 Å². The molecule has 0 aliphatic rings. The van der Waals surface area contributed by atoms with Gasteiger partial charge in [-0.2, -0.15) is 0 Å². The molecule has 1 N–H and O–H groups in total. The standard InChI is InChI=1S/C12H16N2O3S/c1-8-9(6-5-7-15)18-10(13-8)14-11(16)17-12(2,3)4/h5-7H,1-4H3,(H,13,14,16)/b6-5+. The number of carbonyl (C=O) groups excluding carboxylic acids is 2. The van der Waals surface area contributed by atoms with Gasteiger partial charge in [-0.15, -0.1) is 0 Å². The summed E-state index contributed by atoms with van der Waals surface area (Å²) in [6, 6.07) is 0. The van der Waals surface area contributed by atoms with Gasteiger partial charge in [0, 0.05) is 0 Å². The van der Waals surface area contributed by atoms with Crippen molar-refractivity contribution in [3.8, 4) is 0 Å². The molecule has 18 heavy (non-hydrogen) atoms. The van der Waals surface area contributed by atoms with E-state index in [2.05, 4.69) is 10.3 Å². The highest BCUT2D eigenvalue weighted by Gasteiger charge is 2.17. The van der Waals surface area contributed by atoms with Gasteiger partial charge in [0.2, 0.25) is 0 Å². The zero-order valence-corrected chi connectivity index (χ0v) is 11.6. The van der Waals surface area contributed by atoms with Crippen molar-refractivity contribution in [1.82, 2.24) is 4.98 Å². The molecule has 0 fully saturated rings. The quantitative estimate of drug-likeness (QED) is 0.676. The number of nitrogens with one attached hydrogen (secondary N) is 1. The Hall–Kier alpha value is -1.69. The number of hydrogen-bond donors (Lipinski definition) is 1. The monoisotopic (exact) mass is 268 g/mol. The fourth-order valence-electron chi connectivity index (χ4n) is 1.13. The third-order valence-corrected chi connectivity index (χ3v) is 2.80. The lowest BCUT2D eigenvalue weighted by Crippen LogP contribution is -2.27. The van der Waals surface area contributed by atoms with E-state index in [4.69, 9.17) is 4.74 Å². The molecule has 1 heterocycles. The first-order valence-electron chi connectivity index (χ1n) is 5.41. The van der Waals surface area contributed by atoms with Crippen LogP contribution in [-0.4, -0.2) is 23.0 Å². The highest BCUT2D eigenvalue weighted by molar-refractivity contribution is 7.16. The molecule has 0 aliphatic carbocycles. The molecule has 5 nitrogen and oxygen atoms in total. The van der Waals surface area contributed by atoms with Gasteiger partial charge in [0.1, 0.15) is 11.9 Å². The van der Waals surface area contributed by atoms with Crippen LogP contribution in [0.5, 0.6) is 0 Å². The molecule has 0 atom stereocenters. The average Bonchev–Trinajstić information content (AvgIpc) is 2.52. The van der Waals surface area contributed by atoms with Crippen molar-refractivity contribution in [3.63, 3.8) is 0 Å². The van der Waals surface area contributed by atoms with Crippen LogP contribution >= 0.6 is 11.3 Å². The molecule has 1 aromatic heterocycles. The second kappa shape index (κ2) is 5.77. The summed E-state index contributed by atoms with van der Waals surface area (Å²) in [4.78, 5) is 26.8. The van der Waals surface area contributed by atoms with Gasteiger partial charge < -0.3 is 4.74 Å². The first-order valence-corrected chi connectivity index (χ1v) is 6.23. The molecule has 1 amide bonds. The zero-order chi connectivity index (χ0) is 13.8. The Kier molecular flexibility index (Phi) is 4.61. The van der Waals surface area contributed by atoms with E-state index in [9.17, 15) is 9.59 Å². The number of aldehydes is 1. The van der Waals surface area contributed by atoms with Gasteiger partial charge in [-0.1, -0.05) is 11.3 Å². The van der Waals surface area contributed by atoms with Crippen LogP contribution in [0.15, 0.2) is 6.08 Å². The predicted molar refractivity (Wildman–Crippen MR) is 71.8 cm³/mol. The minimum Gasteiger partial charge on any atom is -0.444 e. The molecule has 0 unspecified atom stereocenters. The molecule has 6 heteroatoms. The summed E-state index contributed by atoms with van der Waals surface area (Å²) < 4.78 is 5.11. The number of nitrogens with zero attached hydrogens (tertiary/aromatic N) is 1. The Balaban J connectivity index is 2.71. The average molecular weight is 268 g/mol. The van der Waals surface area contributed by atoms with E-state index in [1.165, 1.54) is 17.4 Å². The molecule has 0 spiro atoms. The molecular formula is C12H16N2O3S. The molecule has 0 saturated carbocycles. The lowest BCUT2D eigenvalue weighted by molar-refractivity contribution is -0.104. The maximum atomic E-state index is 11.5. The summed E-state index contributed by atoms with van der Waals surface area (Å²) in [5.74, 6) is 0. The van der Waals surface area contributed by atoms with Crippen LogP contribution in [0.3, 0.4) is 0 Å². The largest absolute Gasteiger partial charge is 0.444 e. The lowest BCUT2D eigenvalue weighted by Gasteiger charge is -2.18. The number of allylic oxidation sites excluding steroid dienone is 1. The Morgan fingerprint density at radius 1 is 1.44 bits per heavy atom. The van der Waals surface area contributed by atoms with Crippen LogP contribution in [0.1, 0.15) is 31.3 Å². The molecule has 0 saturated heterocycles. The van der Waals surface area contributed by atoms with Gasteiger partial charge in [0.15, 0.2) is 5.13 Å². The number of amides is 1. The van der Waals surface area contributed by atoms with Crippen LogP contribution in [0.4, 0.5) is 9.93 Å². The van der Waals surface area contributed by atoms with Gasteiger partial charge in [-0.3, -0.25) is 10.1 Å². The third kappa shape index (κ3) is 4.67. The van der Waals surface area contributed by atoms with Gasteiger partial charge in [0.25, 0.3) is 0 Å². The SMILES string of the molecule is Cc1nc(NC(=O)OC(C)(C)C)sc1/C=C/C=O. The van der Waals surface area contributed by atoms with E-state index < -0.39 is 11.7 Å². The van der Waals surface area contributed by atoms with Crippen molar-refractivity contribution in [3.05, 3.63) is 16.6 Å². The van der Waals surface area contributed by atoms with E-state index in [-0.39, 0.29) is 0 Å². The number of hydrogen-bond acceptors (Lipinski definition) is 5. The minimum absolute atomic E-state index is 0.451. The zero-order valence-electron chi connectivity index (χ0n) is 10.8. The minimum atomic E-state index is -0.545. The van der Waals surface area contributed by atoms with Crippen molar-refractivity contribution in [2.45, 2.75) is 33.3 Å². The third-order valence-electron chi connectivity index (χ3n) is 1.77. The lowest BCUT2D eigenvalue weighted by atomic mass is 10.2. The van der Waals surface area contributed by atoms with Gasteiger partial charge >= 0.3 is 6.09 Å². The van der Waals surface area contributed by atoms with Crippen LogP contribution in [-0.2, 0) is 9.53 Å². The predicted octanol–water partition coefficient (Wildman–Crippen LogP) is 3.01. The van der Waals surface area contributed by atoms with Crippen molar-refractivity contribution in [2.75, 3.05) is 5.32 Å². The topological polar surface area (TPSA) is 68.3 Å². The molecule has 0 bridgehead atoms. The number of thiazole rings is 1. The summed E-state index contributed by atoms with van der Waals surface area (Å²) in [5, 5.41) is 3.01. The maximum Gasteiger partial charge on any atom is 0.413 e. The first-order chi connectivity index (χ1) is 8.31. The number of carbonyl (C=O) groups is 2. The number of aromatic nitrogens is 1. The molecule has 98 valence electrons. The maximum absolute atomic E-state index is 11.5. The summed E-state index contributed by atoms with van der Waals surface area (Å²) in [6.07, 6.45) is 3.19.